The molecule has 0 fully saturated rings. The highest BCUT2D eigenvalue weighted by molar-refractivity contribution is 6.30. The average molecular weight is 322 g/mol. The van der Waals surface area contributed by atoms with Crippen LogP contribution in [0.15, 0.2) is 30.5 Å². The highest BCUT2D eigenvalue weighted by Gasteiger charge is 2.30. The number of nitrogens with zero attached hydrogens (tertiary/aromatic N) is 2. The summed E-state index contributed by atoms with van der Waals surface area (Å²) >= 11 is 5.85. The van der Waals surface area contributed by atoms with E-state index in [4.69, 9.17) is 16.7 Å². The molecular weight excluding hydrogens is 306 g/mol. The Kier molecular flexibility index (Phi) is 4.23. The normalized spacial score (nSPS) is 11.3. The molecule has 6 nitrogen and oxygen atoms in total. The van der Waals surface area contributed by atoms with Crippen molar-refractivity contribution < 1.29 is 14.7 Å². The van der Waals surface area contributed by atoms with Crippen molar-refractivity contribution >= 4 is 23.5 Å². The number of aliphatic carboxylic acids is 1. The molecule has 0 radical (unpaired) electrons. The predicted molar refractivity (Wildman–Crippen MR) is 82.5 cm³/mol. The van der Waals surface area contributed by atoms with Gasteiger partial charge in [-0.1, -0.05) is 11.6 Å². The molecule has 116 valence electrons. The van der Waals surface area contributed by atoms with Crippen LogP contribution in [0, 0.1) is 6.92 Å². The molecular formula is C15H16ClN3O3. The zero-order chi connectivity index (χ0) is 16.5. The van der Waals surface area contributed by atoms with Gasteiger partial charge in [-0.3, -0.25) is 4.79 Å². The van der Waals surface area contributed by atoms with E-state index in [1.807, 2.05) is 0 Å². The molecule has 0 aliphatic heterocycles. The molecule has 1 heterocycles. The Morgan fingerprint density at radius 1 is 1.27 bits per heavy atom. The van der Waals surface area contributed by atoms with Gasteiger partial charge in [-0.05, 0) is 45.0 Å². The molecule has 2 N–H and O–H groups in total. The minimum atomic E-state index is -1.36. The number of amides is 1. The number of carboxylic acid groups (broad SMARTS) is 1. The molecule has 0 saturated heterocycles. The van der Waals surface area contributed by atoms with Crippen LogP contribution in [0.1, 0.15) is 29.9 Å². The van der Waals surface area contributed by atoms with Gasteiger partial charge in [0.1, 0.15) is 5.54 Å². The molecule has 1 aromatic carbocycles. The van der Waals surface area contributed by atoms with Gasteiger partial charge in [0.05, 0.1) is 23.1 Å². The van der Waals surface area contributed by atoms with E-state index >= 15 is 0 Å². The molecule has 2 aromatic rings. The number of aromatic nitrogens is 2. The van der Waals surface area contributed by atoms with Gasteiger partial charge in [0, 0.05) is 5.02 Å². The first-order chi connectivity index (χ1) is 10.2. The van der Waals surface area contributed by atoms with E-state index in [1.54, 1.807) is 35.9 Å². The number of carboxylic acids is 1. The molecule has 1 amide bonds. The Morgan fingerprint density at radius 3 is 2.41 bits per heavy atom. The Morgan fingerprint density at radius 2 is 1.86 bits per heavy atom. The maximum atomic E-state index is 12.2. The SMILES string of the molecule is Cc1c(C(=O)NC(C)(C)C(=O)O)cnn1-c1ccc(Cl)cc1. The van der Waals surface area contributed by atoms with Crippen molar-refractivity contribution in [3.05, 3.63) is 46.7 Å². The third kappa shape index (κ3) is 3.12. The van der Waals surface area contributed by atoms with Crippen molar-refractivity contribution in [3.8, 4) is 5.69 Å². The lowest BCUT2D eigenvalue weighted by Crippen LogP contribution is -2.49. The van der Waals surface area contributed by atoms with Gasteiger partial charge in [-0.25, -0.2) is 9.48 Å². The molecule has 2 rings (SSSR count). The fourth-order valence-electron chi connectivity index (χ4n) is 1.88. The number of benzene rings is 1. The number of carbonyl (C=O) groups excluding carboxylic acids is 1. The summed E-state index contributed by atoms with van der Waals surface area (Å²) in [6.45, 7) is 4.59. The summed E-state index contributed by atoms with van der Waals surface area (Å²) in [5.41, 5.74) is 0.343. The number of halogens is 1. The fourth-order valence-corrected chi connectivity index (χ4v) is 2.01. The summed E-state index contributed by atoms with van der Waals surface area (Å²) in [5.74, 6) is -1.59. The molecule has 0 unspecified atom stereocenters. The van der Waals surface area contributed by atoms with Gasteiger partial charge in [0.15, 0.2) is 0 Å². The second kappa shape index (κ2) is 5.81. The monoisotopic (exact) mass is 321 g/mol. The Balaban J connectivity index is 2.30. The highest BCUT2D eigenvalue weighted by atomic mass is 35.5. The molecule has 0 aliphatic rings. The van der Waals surface area contributed by atoms with E-state index in [0.29, 0.717) is 16.3 Å². The van der Waals surface area contributed by atoms with Gasteiger partial charge >= 0.3 is 5.97 Å². The first-order valence-electron chi connectivity index (χ1n) is 6.59. The first kappa shape index (κ1) is 16.0. The summed E-state index contributed by atoms with van der Waals surface area (Å²) < 4.78 is 1.60. The molecule has 22 heavy (non-hydrogen) atoms. The van der Waals surface area contributed by atoms with Crippen molar-refractivity contribution in [1.29, 1.82) is 0 Å². The zero-order valence-electron chi connectivity index (χ0n) is 12.4. The summed E-state index contributed by atoms with van der Waals surface area (Å²) in [5, 5.41) is 16.3. The average Bonchev–Trinajstić information content (AvgIpc) is 2.81. The van der Waals surface area contributed by atoms with E-state index in [9.17, 15) is 9.59 Å². The van der Waals surface area contributed by atoms with Crippen molar-refractivity contribution in [2.45, 2.75) is 26.3 Å². The minimum Gasteiger partial charge on any atom is -0.480 e. The summed E-state index contributed by atoms with van der Waals surface area (Å²) in [6, 6.07) is 7.02. The molecule has 0 bridgehead atoms. The molecule has 0 aliphatic carbocycles. The van der Waals surface area contributed by atoms with Crippen LogP contribution in [0.2, 0.25) is 5.02 Å². The summed E-state index contributed by atoms with van der Waals surface area (Å²) in [6.07, 6.45) is 1.41. The smallest absolute Gasteiger partial charge is 0.328 e. The van der Waals surface area contributed by atoms with Crippen molar-refractivity contribution in [2.75, 3.05) is 0 Å². The van der Waals surface area contributed by atoms with Crippen LogP contribution < -0.4 is 5.32 Å². The first-order valence-corrected chi connectivity index (χ1v) is 6.96. The Labute approximate surface area is 132 Å². The number of rotatable bonds is 4. The van der Waals surface area contributed by atoms with Crippen LogP contribution in [0.3, 0.4) is 0 Å². The number of carbonyl (C=O) groups is 2. The minimum absolute atomic E-state index is 0.323. The largest absolute Gasteiger partial charge is 0.480 e. The van der Waals surface area contributed by atoms with Crippen LogP contribution in [0.4, 0.5) is 0 Å². The standard InChI is InChI=1S/C15H16ClN3O3/c1-9-12(13(20)18-15(2,3)14(21)22)8-17-19(9)11-6-4-10(16)5-7-11/h4-8H,1-3H3,(H,18,20)(H,21,22). The molecule has 7 heteroatoms. The van der Waals surface area contributed by atoms with E-state index in [2.05, 4.69) is 10.4 Å². The van der Waals surface area contributed by atoms with E-state index in [-0.39, 0.29) is 0 Å². The van der Waals surface area contributed by atoms with Crippen LogP contribution in [0.25, 0.3) is 5.69 Å². The van der Waals surface area contributed by atoms with Crippen LogP contribution >= 0.6 is 11.6 Å². The fraction of sp³-hybridized carbons (Fsp3) is 0.267. The lowest BCUT2D eigenvalue weighted by molar-refractivity contribution is -0.143. The van der Waals surface area contributed by atoms with Gasteiger partial charge in [0.25, 0.3) is 5.91 Å². The lowest BCUT2D eigenvalue weighted by atomic mass is 10.1. The third-order valence-corrected chi connectivity index (χ3v) is 3.54. The Bertz CT molecular complexity index is 720. The van der Waals surface area contributed by atoms with Crippen molar-refractivity contribution in [1.82, 2.24) is 15.1 Å². The number of hydrogen-bond donors (Lipinski definition) is 2. The molecule has 0 atom stereocenters. The molecule has 0 spiro atoms. The lowest BCUT2D eigenvalue weighted by Gasteiger charge is -2.20. The predicted octanol–water partition coefficient (Wildman–Crippen LogP) is 2.43. The second-order valence-electron chi connectivity index (χ2n) is 5.42. The molecule has 1 aromatic heterocycles. The van der Waals surface area contributed by atoms with Gasteiger partial charge in [-0.2, -0.15) is 5.10 Å². The Hall–Kier alpha value is -2.34. The summed E-state index contributed by atoms with van der Waals surface area (Å²) in [7, 11) is 0. The summed E-state index contributed by atoms with van der Waals surface area (Å²) in [4.78, 5) is 23.3. The van der Waals surface area contributed by atoms with Gasteiger partial charge in [0.2, 0.25) is 0 Å². The van der Waals surface area contributed by atoms with Crippen LogP contribution in [0.5, 0.6) is 0 Å². The van der Waals surface area contributed by atoms with Crippen LogP contribution in [-0.2, 0) is 4.79 Å². The van der Waals surface area contributed by atoms with E-state index in [1.165, 1.54) is 20.0 Å². The van der Waals surface area contributed by atoms with Crippen LogP contribution in [-0.4, -0.2) is 32.3 Å². The third-order valence-electron chi connectivity index (χ3n) is 3.29. The van der Waals surface area contributed by atoms with E-state index < -0.39 is 17.4 Å². The maximum absolute atomic E-state index is 12.2. The zero-order valence-corrected chi connectivity index (χ0v) is 13.2. The maximum Gasteiger partial charge on any atom is 0.328 e. The second-order valence-corrected chi connectivity index (χ2v) is 5.85. The molecule has 0 saturated carbocycles. The quantitative estimate of drug-likeness (QED) is 0.905. The van der Waals surface area contributed by atoms with E-state index in [0.717, 1.165) is 5.69 Å². The highest BCUT2D eigenvalue weighted by Crippen LogP contribution is 2.17. The van der Waals surface area contributed by atoms with Gasteiger partial charge < -0.3 is 10.4 Å². The van der Waals surface area contributed by atoms with Gasteiger partial charge in [-0.15, -0.1) is 0 Å². The van der Waals surface area contributed by atoms with Crippen molar-refractivity contribution in [3.63, 3.8) is 0 Å². The number of hydrogen-bond acceptors (Lipinski definition) is 3. The van der Waals surface area contributed by atoms with Crippen molar-refractivity contribution in [2.24, 2.45) is 0 Å². The number of nitrogens with one attached hydrogen (secondary N) is 1. The topological polar surface area (TPSA) is 84.2 Å².